The van der Waals surface area contributed by atoms with Crippen molar-refractivity contribution in [2.24, 2.45) is 11.8 Å². The Morgan fingerprint density at radius 2 is 1.79 bits per heavy atom. The molecule has 4 nitrogen and oxygen atoms in total. The minimum absolute atomic E-state index is 0.113. The van der Waals surface area contributed by atoms with Crippen LogP contribution < -0.4 is 9.47 Å². The standard InChI is InChI=1S/C24H29NO3/c1-27-22-14-19-13-20(24(26)21(19)15-23(22)28-2)12-17-8-10-25(11-9-17)16-18-6-4-3-5-7-18/h3-7,14-15,17,20H,8-13,16H2,1-2H3/i12D2,13D2,16D2. The second-order valence-corrected chi connectivity index (χ2v) is 7.10. The molecule has 2 aliphatic rings. The lowest BCUT2D eigenvalue weighted by Crippen LogP contribution is -2.34. The first-order chi connectivity index (χ1) is 16.0. The number of methoxy groups -OCH3 is 2. The van der Waals surface area contributed by atoms with E-state index in [0.29, 0.717) is 37.2 Å². The van der Waals surface area contributed by atoms with Crippen LogP contribution in [0.15, 0.2) is 42.5 Å². The monoisotopic (exact) mass is 385 g/mol. The van der Waals surface area contributed by atoms with Gasteiger partial charge in [0.05, 0.1) is 14.2 Å². The number of piperidine rings is 1. The number of ether oxygens (including phenoxy) is 2. The summed E-state index contributed by atoms with van der Waals surface area (Å²) in [6.45, 7) is -1.07. The van der Waals surface area contributed by atoms with Gasteiger partial charge < -0.3 is 9.47 Å². The molecule has 1 unspecified atom stereocenters. The van der Waals surface area contributed by atoms with Gasteiger partial charge in [-0.3, -0.25) is 9.69 Å². The zero-order valence-corrected chi connectivity index (χ0v) is 16.2. The third kappa shape index (κ3) is 3.93. The third-order valence-corrected chi connectivity index (χ3v) is 5.31. The number of carbonyl (C=O) groups is 1. The van der Waals surface area contributed by atoms with Crippen LogP contribution in [0.5, 0.6) is 11.5 Å². The molecule has 1 fully saturated rings. The van der Waals surface area contributed by atoms with E-state index in [-0.39, 0.29) is 16.9 Å². The molecule has 1 aliphatic carbocycles. The van der Waals surface area contributed by atoms with Gasteiger partial charge in [0.25, 0.3) is 0 Å². The summed E-state index contributed by atoms with van der Waals surface area (Å²) in [5.41, 5.74) is 0.772. The molecule has 4 heteroatoms. The molecule has 0 spiro atoms. The van der Waals surface area contributed by atoms with Crippen molar-refractivity contribution in [3.63, 3.8) is 0 Å². The van der Waals surface area contributed by atoms with Crippen LogP contribution in [-0.2, 0) is 12.9 Å². The van der Waals surface area contributed by atoms with E-state index in [9.17, 15) is 4.79 Å². The lowest BCUT2D eigenvalue weighted by molar-refractivity contribution is 0.0895. The number of hydrogen-bond donors (Lipinski definition) is 0. The highest BCUT2D eigenvalue weighted by Gasteiger charge is 2.34. The molecule has 1 atom stereocenters. The summed E-state index contributed by atoms with van der Waals surface area (Å²) in [4.78, 5) is 15.0. The quantitative estimate of drug-likeness (QED) is 0.741. The van der Waals surface area contributed by atoms with Crippen molar-refractivity contribution in [2.45, 2.75) is 32.1 Å². The first-order valence-corrected chi connectivity index (χ1v) is 9.57. The van der Waals surface area contributed by atoms with Gasteiger partial charge in [-0.05, 0) is 67.9 Å². The van der Waals surface area contributed by atoms with Gasteiger partial charge in [0.2, 0.25) is 0 Å². The maximum absolute atomic E-state index is 13.3. The SMILES string of the molecule is [2H]C1([2H])c2cc(OC)c(OC)cc2C(=O)C1C([2H])([2H])C1CCN(C([2H])([2H])c2ccccc2)CC1. The van der Waals surface area contributed by atoms with Gasteiger partial charge in [0.15, 0.2) is 17.3 Å². The minimum atomic E-state index is -2.22. The van der Waals surface area contributed by atoms with Crippen LogP contribution in [0, 0.1) is 11.8 Å². The van der Waals surface area contributed by atoms with Gasteiger partial charge in [-0.2, -0.15) is 0 Å². The Labute approximate surface area is 175 Å². The van der Waals surface area contributed by atoms with Crippen molar-refractivity contribution in [1.29, 1.82) is 0 Å². The average Bonchev–Trinajstić information content (AvgIpc) is 3.03. The predicted octanol–water partition coefficient (Wildman–Crippen LogP) is 4.36. The number of carbonyl (C=O) groups excluding carboxylic acids is 1. The van der Waals surface area contributed by atoms with Gasteiger partial charge in [-0.15, -0.1) is 0 Å². The molecule has 28 heavy (non-hydrogen) atoms. The van der Waals surface area contributed by atoms with E-state index in [1.54, 1.807) is 29.2 Å². The summed E-state index contributed by atoms with van der Waals surface area (Å²) in [6, 6.07) is 11.7. The van der Waals surface area contributed by atoms with Crippen LogP contribution in [0.25, 0.3) is 0 Å². The molecule has 148 valence electrons. The lowest BCUT2D eigenvalue weighted by Gasteiger charge is -2.32. The number of rotatable bonds is 6. The normalized spacial score (nSPS) is 26.2. The molecule has 0 bridgehead atoms. The summed E-state index contributed by atoms with van der Waals surface area (Å²) < 4.78 is 62.9. The van der Waals surface area contributed by atoms with Gasteiger partial charge in [-0.25, -0.2) is 0 Å². The number of nitrogens with zero attached hydrogens (tertiary/aromatic N) is 1. The fourth-order valence-corrected chi connectivity index (χ4v) is 3.79. The van der Waals surface area contributed by atoms with E-state index in [1.807, 2.05) is 6.07 Å². The Hall–Kier alpha value is -2.33. The van der Waals surface area contributed by atoms with Gasteiger partial charge in [-0.1, -0.05) is 30.3 Å². The van der Waals surface area contributed by atoms with E-state index in [4.69, 9.17) is 17.7 Å². The number of fused-ring (bicyclic) bond motifs is 1. The van der Waals surface area contributed by atoms with Crippen molar-refractivity contribution in [1.82, 2.24) is 4.90 Å². The summed E-state index contributed by atoms with van der Waals surface area (Å²) in [5.74, 6) is -2.08. The van der Waals surface area contributed by atoms with Crippen molar-refractivity contribution in [3.8, 4) is 11.5 Å². The van der Waals surface area contributed by atoms with E-state index in [2.05, 4.69) is 0 Å². The van der Waals surface area contributed by atoms with E-state index in [1.165, 1.54) is 26.4 Å². The van der Waals surface area contributed by atoms with Crippen LogP contribution in [0.1, 0.15) is 48.9 Å². The number of Topliss-reactive ketones (excluding diaryl/α,β-unsaturated/α-hetero) is 1. The molecule has 0 N–H and O–H groups in total. The topological polar surface area (TPSA) is 38.8 Å². The Kier molecular flexibility index (Phi) is 3.88. The first kappa shape index (κ1) is 13.0. The van der Waals surface area contributed by atoms with E-state index < -0.39 is 36.9 Å². The predicted molar refractivity (Wildman–Crippen MR) is 110 cm³/mol. The van der Waals surface area contributed by atoms with Crippen molar-refractivity contribution in [2.75, 3.05) is 27.3 Å². The highest BCUT2D eigenvalue weighted by atomic mass is 16.5. The second kappa shape index (κ2) is 8.36. The lowest BCUT2D eigenvalue weighted by atomic mass is 9.85. The highest BCUT2D eigenvalue weighted by molar-refractivity contribution is 6.02. The first-order valence-electron chi connectivity index (χ1n) is 12.6. The number of ketones is 1. The number of hydrogen-bond acceptors (Lipinski definition) is 4. The van der Waals surface area contributed by atoms with Crippen molar-refractivity contribution in [3.05, 3.63) is 59.2 Å². The number of likely N-dealkylation sites (tertiary alicyclic amines) is 1. The maximum Gasteiger partial charge on any atom is 0.166 e. The van der Waals surface area contributed by atoms with E-state index >= 15 is 0 Å². The zero-order valence-electron chi connectivity index (χ0n) is 22.2. The van der Waals surface area contributed by atoms with Crippen LogP contribution in [0.4, 0.5) is 0 Å². The maximum atomic E-state index is 13.3. The summed E-state index contributed by atoms with van der Waals surface area (Å²) in [7, 11) is 2.85. The fourth-order valence-electron chi connectivity index (χ4n) is 3.79. The summed E-state index contributed by atoms with van der Waals surface area (Å²) >= 11 is 0. The molecule has 1 aliphatic heterocycles. The average molecular weight is 386 g/mol. The van der Waals surface area contributed by atoms with Gasteiger partial charge >= 0.3 is 0 Å². The molecule has 2 aromatic rings. The largest absolute Gasteiger partial charge is 0.493 e. The molecule has 1 heterocycles. The molecule has 0 amide bonds. The second-order valence-electron chi connectivity index (χ2n) is 7.10. The molecule has 0 radical (unpaired) electrons. The minimum Gasteiger partial charge on any atom is -0.493 e. The summed E-state index contributed by atoms with van der Waals surface area (Å²) in [5, 5.41) is 0. The Morgan fingerprint density at radius 1 is 1.11 bits per heavy atom. The van der Waals surface area contributed by atoms with E-state index in [0.717, 1.165) is 0 Å². The summed E-state index contributed by atoms with van der Waals surface area (Å²) in [6.07, 6.45) is -3.69. The molecular formula is C24H29NO3. The van der Waals surface area contributed by atoms with Crippen LogP contribution >= 0.6 is 0 Å². The molecular weight excluding hydrogens is 350 g/mol. The van der Waals surface area contributed by atoms with Crippen molar-refractivity contribution >= 4 is 5.78 Å². The molecule has 1 saturated heterocycles. The zero-order chi connectivity index (χ0) is 24.9. The molecule has 4 rings (SSSR count). The molecule has 2 aromatic carbocycles. The van der Waals surface area contributed by atoms with Crippen LogP contribution in [0.2, 0.25) is 0 Å². The smallest absolute Gasteiger partial charge is 0.166 e. The Balaban J connectivity index is 1.57. The molecule has 0 aromatic heterocycles. The van der Waals surface area contributed by atoms with Crippen molar-refractivity contribution < 1.29 is 22.5 Å². The van der Waals surface area contributed by atoms with Crippen LogP contribution in [-0.4, -0.2) is 38.0 Å². The highest BCUT2D eigenvalue weighted by Crippen LogP contribution is 2.39. The molecule has 0 saturated carbocycles. The Morgan fingerprint density at radius 3 is 2.46 bits per heavy atom. The third-order valence-electron chi connectivity index (χ3n) is 5.31. The Bertz CT molecular complexity index is 1070. The van der Waals surface area contributed by atoms with Crippen LogP contribution in [0.3, 0.4) is 0 Å². The van der Waals surface area contributed by atoms with Gasteiger partial charge in [0.1, 0.15) is 0 Å². The fraction of sp³-hybridized carbons (Fsp3) is 0.458. The number of benzene rings is 2. The van der Waals surface area contributed by atoms with Gasteiger partial charge in [0, 0.05) is 26.2 Å².